The van der Waals surface area contributed by atoms with Gasteiger partial charge in [-0.2, -0.15) is 0 Å². The van der Waals surface area contributed by atoms with Gasteiger partial charge < -0.3 is 0 Å². The van der Waals surface area contributed by atoms with Crippen molar-refractivity contribution < 1.29 is 4.79 Å². The minimum Gasteiger partial charge on any atom is -0.289 e. The van der Waals surface area contributed by atoms with Crippen molar-refractivity contribution in [1.82, 2.24) is 4.90 Å². The highest BCUT2D eigenvalue weighted by atomic mass is 35.5. The first kappa shape index (κ1) is 16.8. The molecule has 1 aliphatic rings. The Hall–Kier alpha value is -1.01. The molecule has 1 aromatic carbocycles. The molecule has 7 heteroatoms. The normalized spacial score (nSPS) is 14.2. The first-order valence-corrected chi connectivity index (χ1v) is 9.69. The van der Waals surface area contributed by atoms with E-state index in [2.05, 4.69) is 4.99 Å². The van der Waals surface area contributed by atoms with E-state index in [0.717, 1.165) is 15.6 Å². The maximum absolute atomic E-state index is 12.4. The van der Waals surface area contributed by atoms with Crippen LogP contribution in [0.1, 0.15) is 10.4 Å². The minimum atomic E-state index is 0.102. The average Bonchev–Trinajstić information content (AvgIpc) is 3.19. The van der Waals surface area contributed by atoms with E-state index in [9.17, 15) is 4.79 Å². The van der Waals surface area contributed by atoms with Gasteiger partial charge in [0.1, 0.15) is 0 Å². The summed E-state index contributed by atoms with van der Waals surface area (Å²) in [5, 5.41) is 3.87. The second kappa shape index (κ2) is 7.71. The maximum atomic E-state index is 12.4. The Bertz CT molecular complexity index is 732. The number of carbonyl (C=O) groups is 1. The zero-order valence-electron chi connectivity index (χ0n) is 12.2. The van der Waals surface area contributed by atoms with Crippen molar-refractivity contribution >= 4 is 57.4 Å². The number of benzene rings is 1. The summed E-state index contributed by atoms with van der Waals surface area (Å²) in [6, 6.07) is 9.53. The Kier molecular flexibility index (Phi) is 5.64. The van der Waals surface area contributed by atoms with Gasteiger partial charge >= 0.3 is 0 Å². The van der Waals surface area contributed by atoms with Crippen molar-refractivity contribution in [2.45, 2.75) is 12.2 Å². The lowest BCUT2D eigenvalue weighted by Crippen LogP contribution is -2.33. The Morgan fingerprint density at radius 2 is 2.17 bits per heavy atom. The molecule has 0 spiro atoms. The van der Waals surface area contributed by atoms with Gasteiger partial charge in [0.25, 0.3) is 0 Å². The van der Waals surface area contributed by atoms with Gasteiger partial charge in [-0.1, -0.05) is 47.1 Å². The van der Waals surface area contributed by atoms with Gasteiger partial charge in [-0.15, -0.1) is 11.3 Å². The Balaban J connectivity index is 1.60. The molecule has 23 heavy (non-hydrogen) atoms. The van der Waals surface area contributed by atoms with Crippen LogP contribution in [0.15, 0.2) is 40.7 Å². The molecule has 0 bridgehead atoms. The van der Waals surface area contributed by atoms with Crippen LogP contribution in [-0.2, 0) is 17.0 Å². The van der Waals surface area contributed by atoms with Crippen LogP contribution in [0.25, 0.3) is 0 Å². The van der Waals surface area contributed by atoms with Crippen molar-refractivity contribution in [3.8, 4) is 0 Å². The van der Waals surface area contributed by atoms with Crippen LogP contribution >= 0.6 is 46.3 Å². The molecule has 1 aromatic heterocycles. The summed E-state index contributed by atoms with van der Waals surface area (Å²) in [5.74, 6) is 0.809. The van der Waals surface area contributed by atoms with Gasteiger partial charge in [0.15, 0.2) is 5.17 Å². The van der Waals surface area contributed by atoms with E-state index in [-0.39, 0.29) is 5.91 Å². The fourth-order valence-electron chi connectivity index (χ4n) is 2.22. The third kappa shape index (κ3) is 4.29. The third-order valence-corrected chi connectivity index (χ3v) is 6.06. The second-order valence-electron chi connectivity index (χ2n) is 5.00. The number of amides is 1. The summed E-state index contributed by atoms with van der Waals surface area (Å²) in [6.45, 7) is 1.33. The first-order chi connectivity index (χ1) is 11.1. The zero-order chi connectivity index (χ0) is 16.2. The lowest BCUT2D eigenvalue weighted by molar-refractivity contribution is -0.126. The molecule has 0 N–H and O–H groups in total. The van der Waals surface area contributed by atoms with Gasteiger partial charge in [0.05, 0.1) is 23.0 Å². The lowest BCUT2D eigenvalue weighted by atomic mass is 10.2. The molecule has 1 amide bonds. The Morgan fingerprint density at radius 1 is 1.30 bits per heavy atom. The number of rotatable bonds is 4. The molecule has 0 aliphatic carbocycles. The highest BCUT2D eigenvalue weighted by Gasteiger charge is 2.24. The molecule has 0 unspecified atom stereocenters. The molecule has 120 valence electrons. The molecule has 0 saturated heterocycles. The van der Waals surface area contributed by atoms with Crippen LogP contribution in [-0.4, -0.2) is 29.1 Å². The molecule has 1 aliphatic heterocycles. The predicted octanol–water partition coefficient (Wildman–Crippen LogP) is 4.73. The zero-order valence-corrected chi connectivity index (χ0v) is 15.3. The fourth-order valence-corrected chi connectivity index (χ4v) is 4.24. The minimum absolute atomic E-state index is 0.102. The van der Waals surface area contributed by atoms with E-state index < -0.39 is 0 Å². The summed E-state index contributed by atoms with van der Waals surface area (Å²) < 4.78 is 0. The molecule has 3 rings (SSSR count). The highest BCUT2D eigenvalue weighted by molar-refractivity contribution is 8.13. The van der Waals surface area contributed by atoms with Crippen LogP contribution < -0.4 is 0 Å². The molecular weight excluding hydrogens is 371 g/mol. The van der Waals surface area contributed by atoms with E-state index >= 15 is 0 Å². The molecule has 0 fully saturated rings. The van der Waals surface area contributed by atoms with Gasteiger partial charge in [-0.3, -0.25) is 14.7 Å². The number of halogens is 2. The number of amidine groups is 1. The summed E-state index contributed by atoms with van der Waals surface area (Å²) in [4.78, 5) is 19.7. The van der Waals surface area contributed by atoms with Crippen molar-refractivity contribution in [2.75, 3.05) is 13.1 Å². The van der Waals surface area contributed by atoms with Gasteiger partial charge in [-0.05, 0) is 29.1 Å². The second-order valence-corrected chi connectivity index (χ2v) is 7.79. The van der Waals surface area contributed by atoms with Crippen LogP contribution in [0.3, 0.4) is 0 Å². The topological polar surface area (TPSA) is 32.7 Å². The first-order valence-electron chi connectivity index (χ1n) is 7.07. The van der Waals surface area contributed by atoms with Crippen LogP contribution in [0.4, 0.5) is 0 Å². The molecule has 0 radical (unpaired) electrons. The Morgan fingerprint density at radius 3 is 2.91 bits per heavy atom. The van der Waals surface area contributed by atoms with Crippen molar-refractivity contribution in [3.63, 3.8) is 0 Å². The summed E-state index contributed by atoms with van der Waals surface area (Å²) in [7, 11) is 0. The predicted molar refractivity (Wildman–Crippen MR) is 99.8 cm³/mol. The fraction of sp³-hybridized carbons (Fsp3) is 0.250. The quantitative estimate of drug-likeness (QED) is 0.762. The third-order valence-electron chi connectivity index (χ3n) is 3.36. The van der Waals surface area contributed by atoms with E-state index in [0.29, 0.717) is 35.3 Å². The number of nitrogens with zero attached hydrogens (tertiary/aromatic N) is 2. The summed E-state index contributed by atoms with van der Waals surface area (Å²) in [5.41, 5.74) is 1.06. The van der Waals surface area contributed by atoms with E-state index in [1.54, 1.807) is 34.1 Å². The van der Waals surface area contributed by atoms with Crippen molar-refractivity contribution in [2.24, 2.45) is 4.99 Å². The van der Waals surface area contributed by atoms with Crippen molar-refractivity contribution in [1.29, 1.82) is 0 Å². The lowest BCUT2D eigenvalue weighted by Gasteiger charge is -2.17. The van der Waals surface area contributed by atoms with E-state index in [4.69, 9.17) is 23.2 Å². The average molecular weight is 385 g/mol. The van der Waals surface area contributed by atoms with E-state index in [1.165, 1.54) is 0 Å². The van der Waals surface area contributed by atoms with E-state index in [1.807, 2.05) is 29.6 Å². The molecule has 0 atom stereocenters. The molecule has 2 aromatic rings. The summed E-state index contributed by atoms with van der Waals surface area (Å²) in [6.07, 6.45) is 0.435. The van der Waals surface area contributed by atoms with Crippen LogP contribution in [0.5, 0.6) is 0 Å². The van der Waals surface area contributed by atoms with Crippen molar-refractivity contribution in [3.05, 3.63) is 56.2 Å². The molecule has 2 heterocycles. The van der Waals surface area contributed by atoms with Gasteiger partial charge in [0.2, 0.25) is 5.91 Å². The monoisotopic (exact) mass is 384 g/mol. The number of hydrogen-bond donors (Lipinski definition) is 0. The smallest absolute Gasteiger partial charge is 0.233 e. The molecular formula is C16H14Cl2N2OS2. The van der Waals surface area contributed by atoms with Crippen LogP contribution in [0, 0.1) is 0 Å². The number of hydrogen-bond acceptors (Lipinski definition) is 4. The number of carbonyl (C=O) groups excluding carboxylic acids is 1. The van der Waals surface area contributed by atoms with Gasteiger partial charge in [-0.25, -0.2) is 0 Å². The van der Waals surface area contributed by atoms with Gasteiger partial charge in [0, 0.05) is 17.2 Å². The standard InChI is InChI=1S/C16H14Cl2N2OS2/c17-13-4-3-11(8-14(13)18)10-23-16-19-5-6-20(16)15(21)9-12-2-1-7-22-12/h1-4,7-8H,5-6,9-10H2. The molecule has 3 nitrogen and oxygen atoms in total. The molecule has 0 saturated carbocycles. The Labute approximate surface area is 153 Å². The number of thioether (sulfide) groups is 1. The number of thiophene rings is 1. The SMILES string of the molecule is O=C(Cc1cccs1)N1CCN=C1SCc1ccc(Cl)c(Cl)c1. The van der Waals surface area contributed by atoms with Crippen LogP contribution in [0.2, 0.25) is 10.0 Å². The maximum Gasteiger partial charge on any atom is 0.233 e. The summed E-state index contributed by atoms with van der Waals surface area (Å²) >= 11 is 15.1. The number of aliphatic imine (C=N–C) groups is 1. The largest absolute Gasteiger partial charge is 0.289 e. The highest BCUT2D eigenvalue weighted by Crippen LogP contribution is 2.26.